The molecular weight excluding hydrogens is 382 g/mol. The molecule has 154 valence electrons. The third-order valence-electron chi connectivity index (χ3n) is 4.86. The van der Waals surface area contributed by atoms with Crippen LogP contribution in [0.1, 0.15) is 33.1 Å². The van der Waals surface area contributed by atoms with E-state index in [-0.39, 0.29) is 5.91 Å². The number of hydrogen-bond acceptors (Lipinski definition) is 6. The fourth-order valence-electron chi connectivity index (χ4n) is 3.36. The highest BCUT2D eigenvalue weighted by Crippen LogP contribution is 2.30. The number of amides is 1. The minimum atomic E-state index is -0.236. The van der Waals surface area contributed by atoms with E-state index in [1.165, 1.54) is 5.56 Å². The largest absolute Gasteiger partial charge is 0.492 e. The summed E-state index contributed by atoms with van der Waals surface area (Å²) in [6.45, 7) is 8.26. The molecule has 7 nitrogen and oxygen atoms in total. The van der Waals surface area contributed by atoms with E-state index in [9.17, 15) is 4.79 Å². The van der Waals surface area contributed by atoms with Gasteiger partial charge in [0, 0.05) is 5.56 Å². The van der Waals surface area contributed by atoms with Crippen LogP contribution in [-0.2, 0) is 0 Å². The van der Waals surface area contributed by atoms with Crippen molar-refractivity contribution in [3.63, 3.8) is 0 Å². The van der Waals surface area contributed by atoms with E-state index < -0.39 is 0 Å². The maximum Gasteiger partial charge on any atom is 0.259 e. The number of aryl methyl sites for hydroxylation is 4. The van der Waals surface area contributed by atoms with Crippen LogP contribution in [-0.4, -0.2) is 29.2 Å². The van der Waals surface area contributed by atoms with Gasteiger partial charge < -0.3 is 19.0 Å². The summed E-state index contributed by atoms with van der Waals surface area (Å²) in [4.78, 5) is 17.5. The molecule has 3 heterocycles. The van der Waals surface area contributed by atoms with Crippen LogP contribution >= 0.6 is 0 Å². The fourth-order valence-corrected chi connectivity index (χ4v) is 3.36. The van der Waals surface area contributed by atoms with Crippen molar-refractivity contribution in [3.8, 4) is 17.0 Å². The first-order valence-electron chi connectivity index (χ1n) is 9.74. The third-order valence-corrected chi connectivity index (χ3v) is 4.86. The van der Waals surface area contributed by atoms with Crippen molar-refractivity contribution >= 4 is 17.0 Å². The van der Waals surface area contributed by atoms with Crippen molar-refractivity contribution in [1.29, 1.82) is 0 Å². The first-order valence-corrected chi connectivity index (χ1v) is 9.74. The Morgan fingerprint density at radius 3 is 2.57 bits per heavy atom. The molecule has 0 bridgehead atoms. The molecule has 0 aliphatic heterocycles. The zero-order valence-corrected chi connectivity index (χ0v) is 17.4. The predicted octanol–water partition coefficient (Wildman–Crippen LogP) is 4.53. The van der Waals surface area contributed by atoms with Crippen molar-refractivity contribution in [2.75, 3.05) is 13.2 Å². The lowest BCUT2D eigenvalue weighted by Gasteiger charge is -2.09. The number of pyridine rings is 1. The van der Waals surface area contributed by atoms with Crippen LogP contribution in [0, 0.1) is 27.7 Å². The monoisotopic (exact) mass is 405 g/mol. The molecule has 0 saturated heterocycles. The van der Waals surface area contributed by atoms with E-state index in [1.807, 2.05) is 51.1 Å². The molecular formula is C23H23N3O4. The summed E-state index contributed by atoms with van der Waals surface area (Å²) < 4.78 is 16.6. The topological polar surface area (TPSA) is 90.4 Å². The maximum absolute atomic E-state index is 13.0. The molecule has 0 aliphatic carbocycles. The van der Waals surface area contributed by atoms with Crippen molar-refractivity contribution in [3.05, 3.63) is 64.7 Å². The predicted molar refractivity (Wildman–Crippen MR) is 113 cm³/mol. The second kappa shape index (κ2) is 8.02. The molecule has 1 amide bonds. The average Bonchev–Trinajstić information content (AvgIpc) is 3.27. The van der Waals surface area contributed by atoms with Gasteiger partial charge in [0.25, 0.3) is 11.6 Å². The Morgan fingerprint density at radius 2 is 1.87 bits per heavy atom. The van der Waals surface area contributed by atoms with Crippen molar-refractivity contribution in [2.24, 2.45) is 0 Å². The summed E-state index contributed by atoms with van der Waals surface area (Å²) in [5.74, 6) is 2.04. The van der Waals surface area contributed by atoms with Crippen LogP contribution in [0.4, 0.5) is 0 Å². The number of ether oxygens (including phenoxy) is 1. The molecule has 0 saturated carbocycles. The molecule has 0 spiro atoms. The molecule has 0 atom stereocenters. The summed E-state index contributed by atoms with van der Waals surface area (Å²) in [5, 5.41) is 7.49. The number of hydrogen-bond donors (Lipinski definition) is 1. The number of aromatic nitrogens is 2. The van der Waals surface area contributed by atoms with Gasteiger partial charge in [0.15, 0.2) is 0 Å². The van der Waals surface area contributed by atoms with Crippen LogP contribution in [0.15, 0.2) is 45.3 Å². The molecule has 0 aliphatic rings. The second-order valence-corrected chi connectivity index (χ2v) is 7.25. The third kappa shape index (κ3) is 3.91. The van der Waals surface area contributed by atoms with Gasteiger partial charge in [-0.25, -0.2) is 4.98 Å². The van der Waals surface area contributed by atoms with Gasteiger partial charge in [0.1, 0.15) is 23.9 Å². The highest BCUT2D eigenvalue weighted by atomic mass is 16.5. The Balaban J connectivity index is 1.54. The number of nitrogens with zero attached hydrogens (tertiary/aromatic N) is 2. The van der Waals surface area contributed by atoms with Crippen LogP contribution in [0.3, 0.4) is 0 Å². The highest BCUT2D eigenvalue weighted by molar-refractivity contribution is 6.07. The second-order valence-electron chi connectivity index (χ2n) is 7.25. The fraction of sp³-hybridized carbons (Fsp3) is 0.261. The summed E-state index contributed by atoms with van der Waals surface area (Å²) in [7, 11) is 0. The van der Waals surface area contributed by atoms with Gasteiger partial charge >= 0.3 is 0 Å². The number of fused-ring (bicyclic) bond motifs is 1. The first kappa shape index (κ1) is 19.7. The maximum atomic E-state index is 13.0. The molecule has 1 N–H and O–H groups in total. The number of rotatable bonds is 6. The van der Waals surface area contributed by atoms with Crippen molar-refractivity contribution in [2.45, 2.75) is 27.7 Å². The summed E-state index contributed by atoms with van der Waals surface area (Å²) in [6, 6.07) is 11.4. The zero-order chi connectivity index (χ0) is 21.3. The Morgan fingerprint density at radius 1 is 1.10 bits per heavy atom. The Kier molecular flexibility index (Phi) is 5.27. The SMILES string of the molecule is Cc1ccc(OCCNC(=O)c2cc(-c3cc(C)oc3C)nc3onc(C)c23)cc1. The van der Waals surface area contributed by atoms with E-state index >= 15 is 0 Å². The standard InChI is InChI=1S/C23H23N3O4/c1-13-5-7-17(8-6-13)28-10-9-24-22(27)19-12-20(18-11-14(2)29-16(18)4)25-23-21(19)15(3)26-30-23/h5-8,11-12H,9-10H2,1-4H3,(H,24,27). The van der Waals surface area contributed by atoms with Crippen LogP contribution in [0.5, 0.6) is 5.75 Å². The number of carbonyl (C=O) groups excluding carboxylic acids is 1. The average molecular weight is 405 g/mol. The van der Waals surface area contributed by atoms with Crippen LogP contribution < -0.4 is 10.1 Å². The number of carbonyl (C=O) groups is 1. The zero-order valence-electron chi connectivity index (χ0n) is 17.4. The minimum absolute atomic E-state index is 0.236. The minimum Gasteiger partial charge on any atom is -0.492 e. The number of benzene rings is 1. The van der Waals surface area contributed by atoms with Gasteiger partial charge in [0.2, 0.25) is 0 Å². The highest BCUT2D eigenvalue weighted by Gasteiger charge is 2.20. The molecule has 1 aromatic carbocycles. The first-order chi connectivity index (χ1) is 14.4. The van der Waals surface area contributed by atoms with Gasteiger partial charge in [-0.3, -0.25) is 4.79 Å². The van der Waals surface area contributed by atoms with Crippen LogP contribution in [0.25, 0.3) is 22.4 Å². The molecule has 7 heteroatoms. The summed E-state index contributed by atoms with van der Waals surface area (Å²) in [6.07, 6.45) is 0. The van der Waals surface area contributed by atoms with Gasteiger partial charge in [-0.1, -0.05) is 22.9 Å². The van der Waals surface area contributed by atoms with Crippen molar-refractivity contribution in [1.82, 2.24) is 15.5 Å². The normalized spacial score (nSPS) is 11.1. The summed E-state index contributed by atoms with van der Waals surface area (Å²) >= 11 is 0. The smallest absolute Gasteiger partial charge is 0.259 e. The molecule has 4 rings (SSSR count). The molecule has 0 unspecified atom stereocenters. The van der Waals surface area contributed by atoms with E-state index in [4.69, 9.17) is 13.7 Å². The Labute approximate surface area is 174 Å². The lowest BCUT2D eigenvalue weighted by atomic mass is 10.1. The molecule has 3 aromatic heterocycles. The molecule has 0 fully saturated rings. The van der Waals surface area contributed by atoms with Crippen LogP contribution in [0.2, 0.25) is 0 Å². The Hall–Kier alpha value is -3.61. The van der Waals surface area contributed by atoms with Gasteiger partial charge in [-0.15, -0.1) is 0 Å². The number of nitrogens with one attached hydrogen (secondary N) is 1. The Bertz CT molecular complexity index is 1210. The molecule has 0 radical (unpaired) electrons. The number of furan rings is 1. The van der Waals surface area contributed by atoms with E-state index in [0.29, 0.717) is 41.2 Å². The lowest BCUT2D eigenvalue weighted by Crippen LogP contribution is -2.28. The quantitative estimate of drug-likeness (QED) is 0.474. The van der Waals surface area contributed by atoms with Gasteiger partial charge in [-0.05, 0) is 52.0 Å². The summed E-state index contributed by atoms with van der Waals surface area (Å²) in [5.41, 5.74) is 3.99. The van der Waals surface area contributed by atoms with Gasteiger partial charge in [-0.2, -0.15) is 0 Å². The molecule has 30 heavy (non-hydrogen) atoms. The van der Waals surface area contributed by atoms with Gasteiger partial charge in [0.05, 0.1) is 28.9 Å². The van der Waals surface area contributed by atoms with E-state index in [2.05, 4.69) is 15.5 Å². The van der Waals surface area contributed by atoms with E-state index in [1.54, 1.807) is 13.0 Å². The molecule has 4 aromatic rings. The lowest BCUT2D eigenvalue weighted by molar-refractivity contribution is 0.0948. The van der Waals surface area contributed by atoms with E-state index in [0.717, 1.165) is 22.8 Å². The van der Waals surface area contributed by atoms with Crippen molar-refractivity contribution < 1.29 is 18.5 Å².